The SMILES string of the molecule is CCC(NC(=O)c1cnccc1Cl)c1ccc(OC)cc1. The van der Waals surface area contributed by atoms with Crippen LogP contribution in [0.4, 0.5) is 0 Å². The molecule has 1 aromatic carbocycles. The highest BCUT2D eigenvalue weighted by Gasteiger charge is 2.16. The molecule has 0 saturated carbocycles. The first-order valence-electron chi connectivity index (χ1n) is 6.70. The van der Waals surface area contributed by atoms with Crippen molar-refractivity contribution >= 4 is 17.5 Å². The Hall–Kier alpha value is -2.07. The number of benzene rings is 1. The zero-order valence-corrected chi connectivity index (χ0v) is 12.7. The van der Waals surface area contributed by atoms with Gasteiger partial charge in [0, 0.05) is 12.4 Å². The standard InChI is InChI=1S/C16H17ClN2O2/c1-3-15(11-4-6-12(21-2)7-5-11)19-16(20)13-10-18-9-8-14(13)17/h4-10,15H,3H2,1-2H3,(H,19,20). The van der Waals surface area contributed by atoms with Gasteiger partial charge < -0.3 is 10.1 Å². The smallest absolute Gasteiger partial charge is 0.254 e. The summed E-state index contributed by atoms with van der Waals surface area (Å²) in [6.07, 6.45) is 3.80. The molecule has 0 aliphatic rings. The van der Waals surface area contributed by atoms with Gasteiger partial charge in [0.25, 0.3) is 5.91 Å². The van der Waals surface area contributed by atoms with Crippen LogP contribution >= 0.6 is 11.6 Å². The average Bonchev–Trinajstić information content (AvgIpc) is 2.53. The zero-order valence-electron chi connectivity index (χ0n) is 12.0. The van der Waals surface area contributed by atoms with Crippen LogP contribution in [0.25, 0.3) is 0 Å². The average molecular weight is 305 g/mol. The molecule has 2 aromatic rings. The van der Waals surface area contributed by atoms with E-state index in [0.29, 0.717) is 10.6 Å². The van der Waals surface area contributed by atoms with E-state index in [4.69, 9.17) is 16.3 Å². The molecule has 1 amide bonds. The molecule has 1 aromatic heterocycles. The van der Waals surface area contributed by atoms with Crippen LogP contribution in [0.1, 0.15) is 35.3 Å². The fourth-order valence-corrected chi connectivity index (χ4v) is 2.23. The molecule has 110 valence electrons. The Morgan fingerprint density at radius 3 is 2.62 bits per heavy atom. The Kier molecular flexibility index (Phi) is 5.17. The third kappa shape index (κ3) is 3.73. The van der Waals surface area contributed by atoms with Crippen molar-refractivity contribution in [2.45, 2.75) is 19.4 Å². The largest absolute Gasteiger partial charge is 0.497 e. The van der Waals surface area contributed by atoms with Crippen molar-refractivity contribution in [1.29, 1.82) is 0 Å². The number of hydrogen-bond acceptors (Lipinski definition) is 3. The van der Waals surface area contributed by atoms with Gasteiger partial charge in [0.1, 0.15) is 5.75 Å². The number of carbonyl (C=O) groups is 1. The molecule has 0 aliphatic carbocycles. The lowest BCUT2D eigenvalue weighted by Gasteiger charge is -2.18. The minimum absolute atomic E-state index is 0.0836. The Morgan fingerprint density at radius 2 is 2.05 bits per heavy atom. The number of pyridine rings is 1. The number of ether oxygens (including phenoxy) is 1. The number of carbonyl (C=O) groups excluding carboxylic acids is 1. The van der Waals surface area contributed by atoms with Crippen molar-refractivity contribution in [3.8, 4) is 5.75 Å². The van der Waals surface area contributed by atoms with Crippen molar-refractivity contribution in [2.24, 2.45) is 0 Å². The van der Waals surface area contributed by atoms with E-state index in [1.807, 2.05) is 31.2 Å². The van der Waals surface area contributed by atoms with E-state index in [2.05, 4.69) is 10.3 Å². The highest BCUT2D eigenvalue weighted by molar-refractivity contribution is 6.33. The maximum Gasteiger partial charge on any atom is 0.254 e. The molecule has 1 atom stereocenters. The number of nitrogens with one attached hydrogen (secondary N) is 1. The summed E-state index contributed by atoms with van der Waals surface area (Å²) in [4.78, 5) is 16.2. The van der Waals surface area contributed by atoms with Crippen LogP contribution in [-0.4, -0.2) is 18.0 Å². The summed E-state index contributed by atoms with van der Waals surface area (Å²) in [7, 11) is 1.62. The number of nitrogens with zero attached hydrogens (tertiary/aromatic N) is 1. The van der Waals surface area contributed by atoms with Crippen molar-refractivity contribution in [1.82, 2.24) is 10.3 Å². The highest BCUT2D eigenvalue weighted by Crippen LogP contribution is 2.21. The van der Waals surface area contributed by atoms with Crippen molar-refractivity contribution in [3.63, 3.8) is 0 Å². The van der Waals surface area contributed by atoms with E-state index in [0.717, 1.165) is 17.7 Å². The normalized spacial score (nSPS) is 11.8. The molecule has 0 bridgehead atoms. The first-order valence-corrected chi connectivity index (χ1v) is 7.07. The molecule has 0 saturated heterocycles. The predicted molar refractivity (Wildman–Crippen MR) is 82.7 cm³/mol. The Bertz CT molecular complexity index is 614. The van der Waals surface area contributed by atoms with E-state index in [1.54, 1.807) is 19.4 Å². The molecule has 4 nitrogen and oxygen atoms in total. The third-order valence-electron chi connectivity index (χ3n) is 3.24. The van der Waals surface area contributed by atoms with Gasteiger partial charge in [0.15, 0.2) is 0 Å². The van der Waals surface area contributed by atoms with Crippen molar-refractivity contribution in [2.75, 3.05) is 7.11 Å². The number of hydrogen-bond donors (Lipinski definition) is 1. The summed E-state index contributed by atoms with van der Waals surface area (Å²) in [5, 5.41) is 3.37. The van der Waals surface area contributed by atoms with Gasteiger partial charge >= 0.3 is 0 Å². The van der Waals surface area contributed by atoms with E-state index in [9.17, 15) is 4.79 Å². The van der Waals surface area contributed by atoms with Crippen LogP contribution < -0.4 is 10.1 Å². The number of halogens is 1. The minimum atomic E-state index is -0.226. The van der Waals surface area contributed by atoms with Crippen LogP contribution in [-0.2, 0) is 0 Å². The molecule has 0 radical (unpaired) electrons. The molecule has 2 rings (SSSR count). The van der Waals surface area contributed by atoms with Crippen LogP contribution in [0.3, 0.4) is 0 Å². The number of aromatic nitrogens is 1. The second kappa shape index (κ2) is 7.09. The molecule has 0 spiro atoms. The lowest BCUT2D eigenvalue weighted by atomic mass is 10.0. The van der Waals surface area contributed by atoms with Crippen LogP contribution in [0, 0.1) is 0 Å². The van der Waals surface area contributed by atoms with Gasteiger partial charge in [-0.15, -0.1) is 0 Å². The summed E-state index contributed by atoms with van der Waals surface area (Å²) < 4.78 is 5.14. The Labute approximate surface area is 129 Å². The summed E-state index contributed by atoms with van der Waals surface area (Å²) in [6.45, 7) is 2.01. The van der Waals surface area contributed by atoms with Crippen LogP contribution in [0.2, 0.25) is 5.02 Å². The summed E-state index contributed by atoms with van der Waals surface area (Å²) in [5.74, 6) is 0.561. The molecule has 21 heavy (non-hydrogen) atoms. The van der Waals surface area contributed by atoms with E-state index < -0.39 is 0 Å². The van der Waals surface area contributed by atoms with E-state index in [-0.39, 0.29) is 11.9 Å². The van der Waals surface area contributed by atoms with Gasteiger partial charge in [0.05, 0.1) is 23.7 Å². The van der Waals surface area contributed by atoms with Crippen molar-refractivity contribution in [3.05, 3.63) is 58.9 Å². The van der Waals surface area contributed by atoms with E-state index in [1.165, 1.54) is 6.20 Å². The Balaban J connectivity index is 2.15. The molecule has 5 heteroatoms. The van der Waals surface area contributed by atoms with Gasteiger partial charge in [-0.2, -0.15) is 0 Å². The summed E-state index contributed by atoms with van der Waals surface area (Å²) in [6, 6.07) is 9.16. The van der Waals surface area contributed by atoms with Gasteiger partial charge in [-0.05, 0) is 30.2 Å². The molecular weight excluding hydrogens is 288 g/mol. The minimum Gasteiger partial charge on any atom is -0.497 e. The predicted octanol–water partition coefficient (Wildman–Crippen LogP) is 3.62. The fraction of sp³-hybridized carbons (Fsp3) is 0.250. The summed E-state index contributed by atoms with van der Waals surface area (Å²) >= 11 is 6.01. The van der Waals surface area contributed by atoms with Gasteiger partial charge in [-0.3, -0.25) is 9.78 Å². The molecule has 1 N–H and O–H groups in total. The lowest BCUT2D eigenvalue weighted by molar-refractivity contribution is 0.0935. The molecule has 1 unspecified atom stereocenters. The fourth-order valence-electron chi connectivity index (χ4n) is 2.04. The zero-order chi connectivity index (χ0) is 15.2. The van der Waals surface area contributed by atoms with E-state index >= 15 is 0 Å². The Morgan fingerprint density at radius 1 is 1.33 bits per heavy atom. The topological polar surface area (TPSA) is 51.2 Å². The lowest BCUT2D eigenvalue weighted by Crippen LogP contribution is -2.28. The first kappa shape index (κ1) is 15.3. The molecule has 0 fully saturated rings. The maximum absolute atomic E-state index is 12.3. The van der Waals surface area contributed by atoms with Gasteiger partial charge in [0.2, 0.25) is 0 Å². The van der Waals surface area contributed by atoms with Crippen molar-refractivity contribution < 1.29 is 9.53 Å². The quantitative estimate of drug-likeness (QED) is 0.918. The highest BCUT2D eigenvalue weighted by atomic mass is 35.5. The molecule has 0 aliphatic heterocycles. The maximum atomic E-state index is 12.3. The molecule has 1 heterocycles. The number of amides is 1. The third-order valence-corrected chi connectivity index (χ3v) is 3.57. The summed E-state index contributed by atoms with van der Waals surface area (Å²) in [5.41, 5.74) is 1.40. The van der Waals surface area contributed by atoms with Gasteiger partial charge in [-0.1, -0.05) is 30.7 Å². The van der Waals surface area contributed by atoms with Crippen LogP contribution in [0.5, 0.6) is 5.75 Å². The van der Waals surface area contributed by atoms with Gasteiger partial charge in [-0.25, -0.2) is 0 Å². The number of rotatable bonds is 5. The second-order valence-electron chi connectivity index (χ2n) is 4.56. The first-order chi connectivity index (χ1) is 10.2. The van der Waals surface area contributed by atoms with Crippen LogP contribution in [0.15, 0.2) is 42.7 Å². The number of methoxy groups -OCH3 is 1. The molecular formula is C16H17ClN2O2. The monoisotopic (exact) mass is 304 g/mol. The second-order valence-corrected chi connectivity index (χ2v) is 4.97.